The molecule has 0 spiro atoms. The number of amides is 1. The number of carboxylic acid groups (broad SMARTS) is 1. The molecule has 9 nitrogen and oxygen atoms in total. The van der Waals surface area contributed by atoms with Gasteiger partial charge in [-0.2, -0.15) is 0 Å². The molecular formula is C34H39N5O4S. The van der Waals surface area contributed by atoms with Crippen molar-refractivity contribution in [3.8, 4) is 17.0 Å². The Hall–Kier alpha value is -4.18. The Morgan fingerprint density at radius 2 is 2.02 bits per heavy atom. The van der Waals surface area contributed by atoms with Crippen molar-refractivity contribution < 1.29 is 19.4 Å². The van der Waals surface area contributed by atoms with Gasteiger partial charge in [0.05, 0.1) is 30.2 Å². The van der Waals surface area contributed by atoms with Crippen LogP contribution >= 0.6 is 11.3 Å². The first kappa shape index (κ1) is 29.9. The van der Waals surface area contributed by atoms with Crippen LogP contribution in [-0.2, 0) is 25.0 Å². The average molecular weight is 614 g/mol. The molecule has 3 heterocycles. The van der Waals surface area contributed by atoms with Crippen molar-refractivity contribution in [1.82, 2.24) is 19.4 Å². The first-order valence-electron chi connectivity index (χ1n) is 15.0. The molecule has 10 heteroatoms. The molecule has 6 rings (SSSR count). The Labute approximate surface area is 262 Å². The summed E-state index contributed by atoms with van der Waals surface area (Å²) < 4.78 is 8.29. The molecule has 1 aliphatic carbocycles. The van der Waals surface area contributed by atoms with E-state index in [9.17, 15) is 14.7 Å². The second-order valence-electron chi connectivity index (χ2n) is 12.8. The third-order valence-electron chi connectivity index (χ3n) is 9.39. The largest absolute Gasteiger partial charge is 0.488 e. The molecule has 2 aromatic heterocycles. The lowest BCUT2D eigenvalue weighted by atomic mass is 9.74. The number of carbonyl (C=O) groups excluding carboxylic acids is 1. The zero-order valence-corrected chi connectivity index (χ0v) is 26.7. The fraction of sp³-hybridized carbons (Fsp3) is 0.412. The second-order valence-corrected chi connectivity index (χ2v) is 13.6. The number of piperidine rings is 1. The van der Waals surface area contributed by atoms with Gasteiger partial charge in [-0.15, -0.1) is 11.3 Å². The van der Waals surface area contributed by atoms with Crippen LogP contribution in [0.5, 0.6) is 5.75 Å². The maximum Gasteiger partial charge on any atom is 0.307 e. The number of aryl methyl sites for hydroxylation is 3. The van der Waals surface area contributed by atoms with Crippen molar-refractivity contribution in [1.29, 1.82) is 0 Å². The predicted octanol–water partition coefficient (Wildman–Crippen LogP) is 5.95. The minimum Gasteiger partial charge on any atom is -0.488 e. The van der Waals surface area contributed by atoms with Gasteiger partial charge in [0.2, 0.25) is 0 Å². The first-order chi connectivity index (χ1) is 21.0. The quantitative estimate of drug-likeness (QED) is 0.249. The molecule has 2 bridgehead atoms. The molecule has 1 aliphatic heterocycles. The van der Waals surface area contributed by atoms with E-state index in [1.165, 1.54) is 0 Å². The number of aliphatic carboxylic acids is 1. The number of imidazole rings is 1. The van der Waals surface area contributed by atoms with E-state index in [2.05, 4.69) is 35.2 Å². The number of benzene rings is 2. The molecular weight excluding hydrogens is 574 g/mol. The van der Waals surface area contributed by atoms with Gasteiger partial charge in [0, 0.05) is 49.9 Å². The summed E-state index contributed by atoms with van der Waals surface area (Å²) in [5.41, 5.74) is 6.27. The minimum absolute atomic E-state index is 0.0453. The second kappa shape index (κ2) is 11.7. The van der Waals surface area contributed by atoms with Crippen LogP contribution in [0.3, 0.4) is 0 Å². The van der Waals surface area contributed by atoms with Crippen LogP contribution < -0.4 is 9.64 Å². The van der Waals surface area contributed by atoms with E-state index < -0.39 is 5.97 Å². The third-order valence-corrected chi connectivity index (χ3v) is 10.3. The number of fused-ring (bicyclic) bond motifs is 2. The zero-order valence-electron chi connectivity index (χ0n) is 25.9. The van der Waals surface area contributed by atoms with Crippen molar-refractivity contribution in [3.63, 3.8) is 0 Å². The molecule has 1 unspecified atom stereocenters. The monoisotopic (exact) mass is 613 g/mol. The van der Waals surface area contributed by atoms with Crippen LogP contribution in [0.25, 0.3) is 11.3 Å². The van der Waals surface area contributed by atoms with Crippen molar-refractivity contribution in [2.24, 2.45) is 24.3 Å². The molecule has 1 amide bonds. The number of anilines is 1. The van der Waals surface area contributed by atoms with Gasteiger partial charge in [-0.05, 0) is 73.4 Å². The number of ether oxygens (including phenoxy) is 1. The molecule has 3 atom stereocenters. The average Bonchev–Trinajstić information content (AvgIpc) is 3.69. The number of carboxylic acids is 1. The summed E-state index contributed by atoms with van der Waals surface area (Å²) in [6, 6.07) is 11.9. The Morgan fingerprint density at radius 1 is 1.20 bits per heavy atom. The summed E-state index contributed by atoms with van der Waals surface area (Å²) in [6.07, 6.45) is 5.40. The van der Waals surface area contributed by atoms with E-state index in [4.69, 9.17) is 9.72 Å². The number of carbonyl (C=O) groups is 2. The molecule has 2 aliphatic rings. The SMILES string of the molecule is Cc1ccc(OCc2ccc(C(=O)N(C)Cc3cncn3C)cc2C)c(-c2csc(N3C[C@@H]4CCC(C)(C3)[C@@H]4C(=O)O)n2)c1. The third kappa shape index (κ3) is 5.70. The molecule has 1 saturated heterocycles. The van der Waals surface area contributed by atoms with Gasteiger partial charge in [-0.1, -0.05) is 24.6 Å². The van der Waals surface area contributed by atoms with Crippen LogP contribution in [0.2, 0.25) is 0 Å². The van der Waals surface area contributed by atoms with Crippen LogP contribution in [0.1, 0.15) is 52.5 Å². The number of hydrogen-bond donors (Lipinski definition) is 1. The summed E-state index contributed by atoms with van der Waals surface area (Å²) >= 11 is 1.60. The number of nitrogens with zero attached hydrogens (tertiary/aromatic N) is 5. The van der Waals surface area contributed by atoms with Crippen LogP contribution in [0.15, 0.2) is 54.3 Å². The van der Waals surface area contributed by atoms with Gasteiger partial charge in [0.1, 0.15) is 12.4 Å². The van der Waals surface area contributed by atoms with Crippen molar-refractivity contribution >= 4 is 28.3 Å². The van der Waals surface area contributed by atoms with E-state index in [-0.39, 0.29) is 23.2 Å². The normalized spacial score (nSPS) is 21.0. The van der Waals surface area contributed by atoms with Crippen molar-refractivity contribution in [2.75, 3.05) is 25.0 Å². The summed E-state index contributed by atoms with van der Waals surface area (Å²) in [5, 5.41) is 12.8. The molecule has 44 heavy (non-hydrogen) atoms. The standard InChI is InChI=1S/C34H39N5O4S/c1-21-6-9-29(43-17-25-8-7-23(13-22(25)2)31(40)37(4)16-26-14-35-20-38(26)5)27(12-21)28-18-44-33(36-28)39-15-24-10-11-34(3,19-39)30(24)32(41)42/h6-9,12-14,18,20,24,30H,10-11,15-17,19H2,1-5H3,(H,41,42)/t24-,30-,34?/m0/s1. The summed E-state index contributed by atoms with van der Waals surface area (Å²) in [4.78, 5) is 38.2. The lowest BCUT2D eigenvalue weighted by Crippen LogP contribution is -2.50. The Bertz CT molecular complexity index is 1710. The Morgan fingerprint density at radius 3 is 2.73 bits per heavy atom. The van der Waals surface area contributed by atoms with Crippen LogP contribution in [-0.4, -0.2) is 56.6 Å². The highest BCUT2D eigenvalue weighted by atomic mass is 32.1. The fourth-order valence-corrected chi connectivity index (χ4v) is 7.77. The van der Waals surface area contributed by atoms with E-state index in [0.29, 0.717) is 25.3 Å². The van der Waals surface area contributed by atoms with Crippen LogP contribution in [0, 0.1) is 31.1 Å². The summed E-state index contributed by atoms with van der Waals surface area (Å²) in [6.45, 7) is 8.45. The van der Waals surface area contributed by atoms with E-state index in [0.717, 1.165) is 63.9 Å². The molecule has 1 saturated carbocycles. The molecule has 2 fully saturated rings. The maximum atomic E-state index is 13.1. The van der Waals surface area contributed by atoms with Gasteiger partial charge >= 0.3 is 5.97 Å². The van der Waals surface area contributed by atoms with Crippen LogP contribution in [0.4, 0.5) is 5.13 Å². The van der Waals surface area contributed by atoms with Crippen molar-refractivity contribution in [3.05, 3.63) is 82.3 Å². The van der Waals surface area contributed by atoms with Gasteiger partial charge in [0.15, 0.2) is 5.13 Å². The minimum atomic E-state index is -0.666. The van der Waals surface area contributed by atoms with E-state index in [1.807, 2.05) is 48.9 Å². The maximum absolute atomic E-state index is 13.1. The van der Waals surface area contributed by atoms with E-state index in [1.54, 1.807) is 35.8 Å². The van der Waals surface area contributed by atoms with Gasteiger partial charge < -0.3 is 24.2 Å². The lowest BCUT2D eigenvalue weighted by molar-refractivity contribution is -0.147. The highest BCUT2D eigenvalue weighted by molar-refractivity contribution is 7.14. The van der Waals surface area contributed by atoms with Gasteiger partial charge in [0.25, 0.3) is 5.91 Å². The number of rotatable bonds is 9. The zero-order chi connectivity index (χ0) is 31.2. The number of aromatic nitrogens is 3. The smallest absolute Gasteiger partial charge is 0.307 e. The molecule has 4 aromatic rings. The molecule has 0 radical (unpaired) electrons. The Balaban J connectivity index is 1.15. The van der Waals surface area contributed by atoms with E-state index >= 15 is 0 Å². The highest BCUT2D eigenvalue weighted by Crippen LogP contribution is 2.52. The first-order valence-corrected chi connectivity index (χ1v) is 15.9. The molecule has 2 aromatic carbocycles. The fourth-order valence-electron chi connectivity index (χ4n) is 6.93. The highest BCUT2D eigenvalue weighted by Gasteiger charge is 2.54. The molecule has 1 N–H and O–H groups in total. The predicted molar refractivity (Wildman–Crippen MR) is 171 cm³/mol. The van der Waals surface area contributed by atoms with Gasteiger partial charge in [-0.3, -0.25) is 9.59 Å². The number of hydrogen-bond acceptors (Lipinski definition) is 7. The van der Waals surface area contributed by atoms with Gasteiger partial charge in [-0.25, -0.2) is 9.97 Å². The lowest BCUT2D eigenvalue weighted by Gasteiger charge is -2.42. The summed E-state index contributed by atoms with van der Waals surface area (Å²) in [7, 11) is 3.72. The number of thiazole rings is 1. The van der Waals surface area contributed by atoms with Crippen molar-refractivity contribution in [2.45, 2.75) is 46.8 Å². The Kier molecular flexibility index (Phi) is 7.96. The summed E-state index contributed by atoms with van der Waals surface area (Å²) in [5.74, 6) is -0.0859. The molecule has 230 valence electrons. The topological polar surface area (TPSA) is 101 Å².